The Hall–Kier alpha value is -1.67. The van der Waals surface area contributed by atoms with E-state index in [-0.39, 0.29) is 17.6 Å². The summed E-state index contributed by atoms with van der Waals surface area (Å²) in [7, 11) is -3.97. The molecule has 0 heterocycles. The van der Waals surface area contributed by atoms with E-state index in [1.54, 1.807) is 0 Å². The van der Waals surface area contributed by atoms with E-state index in [1.807, 2.05) is 20.8 Å². The summed E-state index contributed by atoms with van der Waals surface area (Å²) in [5.74, 6) is 0. The maximum Gasteiger partial charge on any atom is 0.289 e. The molecule has 0 saturated heterocycles. The molecular weight excluding hydrogens is 282 g/mol. The number of hydrogen-bond acceptors (Lipinski definition) is 5. The van der Waals surface area contributed by atoms with Crippen molar-refractivity contribution in [2.75, 3.05) is 12.3 Å². The lowest BCUT2D eigenvalue weighted by Crippen LogP contribution is -2.34. The van der Waals surface area contributed by atoms with Gasteiger partial charge < -0.3 is 5.73 Å². The lowest BCUT2D eigenvalue weighted by Gasteiger charge is -2.22. The van der Waals surface area contributed by atoms with Crippen LogP contribution in [0.5, 0.6) is 0 Å². The smallest absolute Gasteiger partial charge is 0.289 e. The number of hydrogen-bond donors (Lipinski definition) is 2. The predicted octanol–water partition coefficient (Wildman–Crippen LogP) is 1.89. The fraction of sp³-hybridized carbons (Fsp3) is 0.500. The Bertz CT molecular complexity index is 611. The van der Waals surface area contributed by atoms with Gasteiger partial charge in [-0.05, 0) is 24.0 Å². The van der Waals surface area contributed by atoms with E-state index >= 15 is 0 Å². The minimum atomic E-state index is -3.97. The zero-order valence-corrected chi connectivity index (χ0v) is 12.5. The summed E-state index contributed by atoms with van der Waals surface area (Å²) in [6.07, 6.45) is 0.772. The van der Waals surface area contributed by atoms with Crippen molar-refractivity contribution in [1.29, 1.82) is 0 Å². The van der Waals surface area contributed by atoms with Crippen molar-refractivity contribution < 1.29 is 13.3 Å². The van der Waals surface area contributed by atoms with E-state index in [2.05, 4.69) is 4.72 Å². The summed E-state index contributed by atoms with van der Waals surface area (Å²) in [5, 5.41) is 10.9. The van der Waals surface area contributed by atoms with E-state index in [0.29, 0.717) is 0 Å². The van der Waals surface area contributed by atoms with Gasteiger partial charge in [-0.1, -0.05) is 20.8 Å². The van der Waals surface area contributed by atoms with Crippen LogP contribution in [-0.2, 0) is 10.0 Å². The Balaban J connectivity index is 3.16. The Morgan fingerprint density at radius 2 is 2.00 bits per heavy atom. The van der Waals surface area contributed by atoms with Gasteiger partial charge in [0.2, 0.25) is 10.0 Å². The van der Waals surface area contributed by atoms with Crippen LogP contribution in [0.3, 0.4) is 0 Å². The SMILES string of the molecule is CCC(C)(C)CNS(=O)(=O)c1cc(N)ccc1[N+](=O)[O-]. The number of nitrogens with zero attached hydrogens (tertiary/aromatic N) is 1. The second-order valence-electron chi connectivity index (χ2n) is 5.33. The van der Waals surface area contributed by atoms with Crippen molar-refractivity contribution in [3.63, 3.8) is 0 Å². The lowest BCUT2D eigenvalue weighted by atomic mass is 9.91. The van der Waals surface area contributed by atoms with Crippen molar-refractivity contribution in [2.45, 2.75) is 32.1 Å². The number of benzene rings is 1. The van der Waals surface area contributed by atoms with Crippen molar-refractivity contribution in [3.8, 4) is 0 Å². The van der Waals surface area contributed by atoms with Crippen LogP contribution in [0.25, 0.3) is 0 Å². The Morgan fingerprint density at radius 1 is 1.40 bits per heavy atom. The number of nitro groups is 1. The molecule has 3 N–H and O–H groups in total. The highest BCUT2D eigenvalue weighted by Gasteiger charge is 2.27. The molecule has 1 aromatic rings. The summed E-state index contributed by atoms with van der Waals surface area (Å²) in [4.78, 5) is 9.76. The first-order valence-electron chi connectivity index (χ1n) is 6.12. The van der Waals surface area contributed by atoms with Crippen LogP contribution in [0.1, 0.15) is 27.2 Å². The zero-order valence-electron chi connectivity index (χ0n) is 11.7. The largest absolute Gasteiger partial charge is 0.399 e. The third-order valence-corrected chi connectivity index (χ3v) is 4.60. The molecule has 1 rings (SSSR count). The highest BCUT2D eigenvalue weighted by Crippen LogP contribution is 2.26. The third-order valence-electron chi connectivity index (χ3n) is 3.17. The molecule has 8 heteroatoms. The van der Waals surface area contributed by atoms with Gasteiger partial charge in [-0.3, -0.25) is 10.1 Å². The molecule has 112 valence electrons. The fourth-order valence-corrected chi connectivity index (χ4v) is 2.84. The minimum Gasteiger partial charge on any atom is -0.399 e. The molecule has 0 saturated carbocycles. The van der Waals surface area contributed by atoms with Crippen molar-refractivity contribution in [1.82, 2.24) is 4.72 Å². The monoisotopic (exact) mass is 301 g/mol. The first-order valence-corrected chi connectivity index (χ1v) is 7.61. The van der Waals surface area contributed by atoms with Crippen LogP contribution < -0.4 is 10.5 Å². The standard InChI is InChI=1S/C12H19N3O4S/c1-4-12(2,3)8-14-20(18,19)11-7-9(13)5-6-10(11)15(16)17/h5-7,14H,4,8,13H2,1-3H3. The molecule has 0 aromatic heterocycles. The van der Waals surface area contributed by atoms with Gasteiger partial charge in [-0.15, -0.1) is 0 Å². The molecule has 0 fully saturated rings. The van der Waals surface area contributed by atoms with Crippen LogP contribution in [0.2, 0.25) is 0 Å². The number of nitro benzene ring substituents is 1. The summed E-state index contributed by atoms with van der Waals surface area (Å²) in [6, 6.07) is 3.49. The van der Waals surface area contributed by atoms with E-state index < -0.39 is 25.5 Å². The topological polar surface area (TPSA) is 115 Å². The molecule has 20 heavy (non-hydrogen) atoms. The quantitative estimate of drug-likeness (QED) is 0.473. The molecule has 0 aliphatic heterocycles. The van der Waals surface area contributed by atoms with Gasteiger partial charge in [0.15, 0.2) is 4.90 Å². The highest BCUT2D eigenvalue weighted by molar-refractivity contribution is 7.89. The summed E-state index contributed by atoms with van der Waals surface area (Å²) >= 11 is 0. The van der Waals surface area contributed by atoms with Crippen LogP contribution in [0.15, 0.2) is 23.1 Å². The second kappa shape index (κ2) is 5.76. The number of nitrogen functional groups attached to an aromatic ring is 1. The Kier molecular flexibility index (Phi) is 4.72. The maximum absolute atomic E-state index is 12.2. The summed E-state index contributed by atoms with van der Waals surface area (Å²) in [6.45, 7) is 5.95. The van der Waals surface area contributed by atoms with Gasteiger partial charge in [0.05, 0.1) is 4.92 Å². The molecule has 0 radical (unpaired) electrons. The molecule has 0 atom stereocenters. The number of rotatable bonds is 6. The van der Waals surface area contributed by atoms with Gasteiger partial charge in [0, 0.05) is 18.3 Å². The number of nitrogens with one attached hydrogen (secondary N) is 1. The molecule has 0 aliphatic carbocycles. The minimum absolute atomic E-state index is 0.158. The van der Waals surface area contributed by atoms with Crippen LogP contribution in [-0.4, -0.2) is 19.9 Å². The van der Waals surface area contributed by atoms with E-state index in [0.717, 1.165) is 18.6 Å². The van der Waals surface area contributed by atoms with Crippen LogP contribution in [0.4, 0.5) is 11.4 Å². The molecular formula is C12H19N3O4S. The fourth-order valence-electron chi connectivity index (χ4n) is 1.39. The van der Waals surface area contributed by atoms with Gasteiger partial charge in [-0.25, -0.2) is 13.1 Å². The third kappa shape index (κ3) is 3.91. The summed E-state index contributed by atoms with van der Waals surface area (Å²) in [5.41, 5.74) is 4.96. The molecule has 7 nitrogen and oxygen atoms in total. The van der Waals surface area contributed by atoms with Gasteiger partial charge >= 0.3 is 0 Å². The number of nitrogens with two attached hydrogens (primary N) is 1. The molecule has 0 unspecified atom stereocenters. The lowest BCUT2D eigenvalue weighted by molar-refractivity contribution is -0.387. The van der Waals surface area contributed by atoms with Crippen LogP contribution in [0, 0.1) is 15.5 Å². The molecule has 0 bridgehead atoms. The predicted molar refractivity (Wildman–Crippen MR) is 76.8 cm³/mol. The van der Waals surface area contributed by atoms with Gasteiger partial charge in [0.25, 0.3) is 5.69 Å². The molecule has 0 amide bonds. The molecule has 0 aliphatic rings. The normalized spacial score (nSPS) is 12.3. The van der Waals surface area contributed by atoms with Crippen molar-refractivity contribution >= 4 is 21.4 Å². The van der Waals surface area contributed by atoms with E-state index in [4.69, 9.17) is 5.73 Å². The molecule has 0 spiro atoms. The van der Waals surface area contributed by atoms with Gasteiger partial charge in [0.1, 0.15) is 0 Å². The zero-order chi connectivity index (χ0) is 15.6. The maximum atomic E-state index is 12.2. The summed E-state index contributed by atoms with van der Waals surface area (Å²) < 4.78 is 26.8. The Labute approximate surface area is 118 Å². The highest BCUT2D eigenvalue weighted by atomic mass is 32.2. The van der Waals surface area contributed by atoms with E-state index in [1.165, 1.54) is 6.07 Å². The second-order valence-corrected chi connectivity index (χ2v) is 7.06. The Morgan fingerprint density at radius 3 is 2.50 bits per heavy atom. The van der Waals surface area contributed by atoms with Crippen molar-refractivity contribution in [3.05, 3.63) is 28.3 Å². The first-order chi connectivity index (χ1) is 9.09. The van der Waals surface area contributed by atoms with E-state index in [9.17, 15) is 18.5 Å². The van der Waals surface area contributed by atoms with Gasteiger partial charge in [-0.2, -0.15) is 0 Å². The van der Waals surface area contributed by atoms with Crippen molar-refractivity contribution in [2.24, 2.45) is 5.41 Å². The average molecular weight is 301 g/mol. The average Bonchev–Trinajstić information content (AvgIpc) is 2.36. The molecule has 1 aromatic carbocycles. The first kappa shape index (κ1) is 16.4. The number of sulfonamides is 1. The van der Waals surface area contributed by atoms with Crippen LogP contribution >= 0.6 is 0 Å². The number of anilines is 1.